The maximum Gasteiger partial charge on any atom is 0.0826 e. The second-order valence-electron chi connectivity index (χ2n) is 3.96. The standard InChI is InChI=1S/C11H20O/c1-3-11(2,12)10-8-6-4-5-7-9-10/h8,12H,3-7,9H2,1-2H3. The summed E-state index contributed by atoms with van der Waals surface area (Å²) in [6.45, 7) is 3.98. The molecule has 0 aromatic heterocycles. The van der Waals surface area contributed by atoms with E-state index in [1.165, 1.54) is 24.8 Å². The maximum atomic E-state index is 10.0. The molecule has 1 rings (SSSR count). The molecule has 0 bridgehead atoms. The first-order valence-electron chi connectivity index (χ1n) is 5.08. The van der Waals surface area contributed by atoms with E-state index in [0.29, 0.717) is 0 Å². The van der Waals surface area contributed by atoms with Gasteiger partial charge in [0.25, 0.3) is 0 Å². The Hall–Kier alpha value is -0.300. The van der Waals surface area contributed by atoms with Crippen molar-refractivity contribution in [2.45, 2.75) is 58.0 Å². The van der Waals surface area contributed by atoms with Crippen molar-refractivity contribution in [2.24, 2.45) is 0 Å². The van der Waals surface area contributed by atoms with Gasteiger partial charge in [-0.2, -0.15) is 0 Å². The van der Waals surface area contributed by atoms with Crippen molar-refractivity contribution in [1.82, 2.24) is 0 Å². The first-order valence-corrected chi connectivity index (χ1v) is 5.08. The lowest BCUT2D eigenvalue weighted by Crippen LogP contribution is -2.25. The number of hydrogen-bond donors (Lipinski definition) is 1. The summed E-state index contributed by atoms with van der Waals surface area (Å²) in [4.78, 5) is 0. The molecule has 1 nitrogen and oxygen atoms in total. The summed E-state index contributed by atoms with van der Waals surface area (Å²) >= 11 is 0. The predicted molar refractivity (Wildman–Crippen MR) is 52.1 cm³/mol. The van der Waals surface area contributed by atoms with Gasteiger partial charge in [0.15, 0.2) is 0 Å². The molecule has 0 saturated heterocycles. The van der Waals surface area contributed by atoms with Gasteiger partial charge in [-0.05, 0) is 44.6 Å². The summed E-state index contributed by atoms with van der Waals surface area (Å²) in [5.74, 6) is 0. The second kappa shape index (κ2) is 4.08. The van der Waals surface area contributed by atoms with E-state index in [1.54, 1.807) is 0 Å². The second-order valence-corrected chi connectivity index (χ2v) is 3.96. The molecule has 1 N–H and O–H groups in total. The van der Waals surface area contributed by atoms with Crippen LogP contribution in [0.15, 0.2) is 11.6 Å². The van der Waals surface area contributed by atoms with Crippen LogP contribution < -0.4 is 0 Å². The van der Waals surface area contributed by atoms with Crippen LogP contribution in [0, 0.1) is 0 Å². The third-order valence-corrected chi connectivity index (χ3v) is 2.92. The van der Waals surface area contributed by atoms with Gasteiger partial charge in [-0.3, -0.25) is 0 Å². The Morgan fingerprint density at radius 2 is 2.17 bits per heavy atom. The molecule has 1 aliphatic carbocycles. The summed E-state index contributed by atoms with van der Waals surface area (Å²) in [5.41, 5.74) is 0.729. The third kappa shape index (κ3) is 2.34. The van der Waals surface area contributed by atoms with Gasteiger partial charge < -0.3 is 5.11 Å². The van der Waals surface area contributed by atoms with Gasteiger partial charge in [-0.1, -0.05) is 19.4 Å². The molecule has 0 aliphatic heterocycles. The van der Waals surface area contributed by atoms with E-state index in [4.69, 9.17) is 0 Å². The fraction of sp³-hybridized carbons (Fsp3) is 0.818. The van der Waals surface area contributed by atoms with Crippen LogP contribution >= 0.6 is 0 Å². The van der Waals surface area contributed by atoms with Crippen LogP contribution in [0.3, 0.4) is 0 Å². The topological polar surface area (TPSA) is 20.2 Å². The minimum absolute atomic E-state index is 0.537. The molecule has 0 fully saturated rings. The van der Waals surface area contributed by atoms with Gasteiger partial charge in [0, 0.05) is 0 Å². The molecule has 1 heteroatoms. The van der Waals surface area contributed by atoms with Crippen LogP contribution in [0.1, 0.15) is 52.4 Å². The molecule has 0 radical (unpaired) electrons. The highest BCUT2D eigenvalue weighted by Gasteiger charge is 2.23. The van der Waals surface area contributed by atoms with Gasteiger partial charge >= 0.3 is 0 Å². The van der Waals surface area contributed by atoms with Crippen LogP contribution in [0.5, 0.6) is 0 Å². The van der Waals surface area contributed by atoms with Crippen molar-refractivity contribution < 1.29 is 5.11 Å². The van der Waals surface area contributed by atoms with Crippen molar-refractivity contribution in [3.63, 3.8) is 0 Å². The molecule has 0 aromatic carbocycles. The molecule has 12 heavy (non-hydrogen) atoms. The average Bonchev–Trinajstić information content (AvgIpc) is 2.32. The number of hydrogen-bond acceptors (Lipinski definition) is 1. The van der Waals surface area contributed by atoms with E-state index >= 15 is 0 Å². The molecule has 1 atom stereocenters. The van der Waals surface area contributed by atoms with Gasteiger partial charge in [-0.15, -0.1) is 0 Å². The SMILES string of the molecule is CCC(C)(O)C1=CCCCCC1. The Balaban J connectivity index is 2.64. The third-order valence-electron chi connectivity index (χ3n) is 2.92. The van der Waals surface area contributed by atoms with Gasteiger partial charge in [0.2, 0.25) is 0 Å². The number of allylic oxidation sites excluding steroid dienone is 1. The normalized spacial score (nSPS) is 24.1. The first-order chi connectivity index (χ1) is 5.67. The summed E-state index contributed by atoms with van der Waals surface area (Å²) in [6, 6.07) is 0. The lowest BCUT2D eigenvalue weighted by atomic mass is 9.90. The van der Waals surface area contributed by atoms with E-state index in [2.05, 4.69) is 6.08 Å². The summed E-state index contributed by atoms with van der Waals surface area (Å²) in [7, 11) is 0. The zero-order valence-corrected chi connectivity index (χ0v) is 8.27. The molecule has 0 spiro atoms. The van der Waals surface area contributed by atoms with Crippen molar-refractivity contribution in [2.75, 3.05) is 0 Å². The smallest absolute Gasteiger partial charge is 0.0826 e. The number of rotatable bonds is 2. The zero-order valence-electron chi connectivity index (χ0n) is 8.27. The Morgan fingerprint density at radius 1 is 1.42 bits per heavy atom. The molecule has 1 unspecified atom stereocenters. The Morgan fingerprint density at radius 3 is 2.83 bits per heavy atom. The molecule has 0 saturated carbocycles. The molecule has 0 aromatic rings. The van der Waals surface area contributed by atoms with E-state index in [-0.39, 0.29) is 0 Å². The van der Waals surface area contributed by atoms with Crippen molar-refractivity contribution in [3.05, 3.63) is 11.6 Å². The van der Waals surface area contributed by atoms with Gasteiger partial charge in [0.1, 0.15) is 0 Å². The Labute approximate surface area is 75.5 Å². The van der Waals surface area contributed by atoms with E-state index in [0.717, 1.165) is 19.3 Å². The fourth-order valence-electron chi connectivity index (χ4n) is 1.73. The summed E-state index contributed by atoms with van der Waals surface area (Å²) in [5, 5.41) is 10.0. The molecular formula is C11H20O. The molecule has 0 heterocycles. The lowest BCUT2D eigenvalue weighted by Gasteiger charge is -2.24. The van der Waals surface area contributed by atoms with Crippen LogP contribution in [0.4, 0.5) is 0 Å². The fourth-order valence-corrected chi connectivity index (χ4v) is 1.73. The van der Waals surface area contributed by atoms with Crippen molar-refractivity contribution >= 4 is 0 Å². The van der Waals surface area contributed by atoms with Gasteiger partial charge in [0.05, 0.1) is 5.60 Å². The van der Waals surface area contributed by atoms with E-state index in [9.17, 15) is 5.11 Å². The average molecular weight is 168 g/mol. The highest BCUT2D eigenvalue weighted by atomic mass is 16.3. The van der Waals surface area contributed by atoms with Gasteiger partial charge in [-0.25, -0.2) is 0 Å². The maximum absolute atomic E-state index is 10.0. The summed E-state index contributed by atoms with van der Waals surface area (Å²) < 4.78 is 0. The highest BCUT2D eigenvalue weighted by molar-refractivity contribution is 5.15. The van der Waals surface area contributed by atoms with Crippen molar-refractivity contribution in [3.8, 4) is 0 Å². The predicted octanol–water partition coefficient (Wildman–Crippen LogP) is 3.04. The quantitative estimate of drug-likeness (QED) is 0.628. The highest BCUT2D eigenvalue weighted by Crippen LogP contribution is 2.28. The largest absolute Gasteiger partial charge is 0.386 e. The molecule has 1 aliphatic rings. The zero-order chi connectivity index (χ0) is 9.03. The molecular weight excluding hydrogens is 148 g/mol. The first kappa shape index (κ1) is 9.79. The lowest BCUT2D eigenvalue weighted by molar-refractivity contribution is 0.0904. The minimum Gasteiger partial charge on any atom is -0.386 e. The van der Waals surface area contributed by atoms with E-state index in [1.807, 2.05) is 13.8 Å². The molecule has 0 amide bonds. The monoisotopic (exact) mass is 168 g/mol. The summed E-state index contributed by atoms with van der Waals surface area (Å²) in [6.07, 6.45) is 9.20. The van der Waals surface area contributed by atoms with Crippen LogP contribution in [-0.4, -0.2) is 10.7 Å². The van der Waals surface area contributed by atoms with Crippen LogP contribution in [-0.2, 0) is 0 Å². The van der Waals surface area contributed by atoms with Crippen molar-refractivity contribution in [1.29, 1.82) is 0 Å². The van der Waals surface area contributed by atoms with E-state index < -0.39 is 5.60 Å². The number of aliphatic hydroxyl groups is 1. The van der Waals surface area contributed by atoms with Crippen LogP contribution in [0.2, 0.25) is 0 Å². The minimum atomic E-state index is -0.537. The Bertz CT molecular complexity index is 168. The molecule has 70 valence electrons. The Kier molecular flexibility index (Phi) is 3.33. The van der Waals surface area contributed by atoms with Crippen LogP contribution in [0.25, 0.3) is 0 Å².